The first-order valence-electron chi connectivity index (χ1n) is 6.75. The van der Waals surface area contributed by atoms with Crippen LogP contribution in [-0.2, 0) is 6.42 Å². The second kappa shape index (κ2) is 4.84. The van der Waals surface area contributed by atoms with Crippen molar-refractivity contribution in [1.29, 1.82) is 0 Å². The lowest BCUT2D eigenvalue weighted by molar-refractivity contribution is 0.0693. The van der Waals surface area contributed by atoms with E-state index in [9.17, 15) is 19.1 Å². The lowest BCUT2D eigenvalue weighted by Gasteiger charge is -2.19. The number of carboxylic acids is 1. The van der Waals surface area contributed by atoms with Crippen molar-refractivity contribution in [1.82, 2.24) is 4.57 Å². The second-order valence-corrected chi connectivity index (χ2v) is 5.55. The zero-order valence-corrected chi connectivity index (χ0v) is 12.1. The summed E-state index contributed by atoms with van der Waals surface area (Å²) in [5.41, 5.74) is -0.117. The predicted molar refractivity (Wildman–Crippen MR) is 77.8 cm³/mol. The third-order valence-corrected chi connectivity index (χ3v) is 4.18. The van der Waals surface area contributed by atoms with Crippen molar-refractivity contribution in [3.05, 3.63) is 44.5 Å². The number of benzene rings is 1. The lowest BCUT2D eigenvalue weighted by atomic mass is 10.0. The van der Waals surface area contributed by atoms with Crippen molar-refractivity contribution in [2.24, 2.45) is 0 Å². The molecule has 0 atom stereocenters. The van der Waals surface area contributed by atoms with Crippen molar-refractivity contribution in [2.75, 3.05) is 0 Å². The third-order valence-electron chi connectivity index (χ3n) is 3.82. The molecule has 0 spiro atoms. The number of pyridine rings is 1. The van der Waals surface area contributed by atoms with E-state index < -0.39 is 17.2 Å². The summed E-state index contributed by atoms with van der Waals surface area (Å²) in [5, 5.41) is 9.40. The molecule has 0 radical (unpaired) electrons. The molecule has 110 valence electrons. The van der Waals surface area contributed by atoms with E-state index >= 15 is 0 Å². The van der Waals surface area contributed by atoms with Gasteiger partial charge in [-0.1, -0.05) is 18.5 Å². The molecular weight excluding hydrogens is 297 g/mol. The fraction of sp³-hybridized carbons (Fsp3) is 0.333. The van der Waals surface area contributed by atoms with Crippen molar-refractivity contribution >= 4 is 28.5 Å². The van der Waals surface area contributed by atoms with Gasteiger partial charge in [0.15, 0.2) is 0 Å². The average molecular weight is 310 g/mol. The Kier molecular flexibility index (Phi) is 3.24. The number of hydrogen-bond acceptors (Lipinski definition) is 2. The van der Waals surface area contributed by atoms with Gasteiger partial charge >= 0.3 is 5.97 Å². The molecule has 1 aliphatic carbocycles. The fourth-order valence-electron chi connectivity index (χ4n) is 2.78. The molecule has 1 aromatic heterocycles. The van der Waals surface area contributed by atoms with Crippen LogP contribution in [0.4, 0.5) is 4.39 Å². The molecule has 21 heavy (non-hydrogen) atoms. The van der Waals surface area contributed by atoms with Crippen LogP contribution in [0.2, 0.25) is 5.02 Å². The second-order valence-electron chi connectivity index (χ2n) is 5.17. The van der Waals surface area contributed by atoms with Gasteiger partial charge in [-0.05, 0) is 31.4 Å². The highest BCUT2D eigenvalue weighted by Gasteiger charge is 2.31. The molecule has 1 fully saturated rings. The van der Waals surface area contributed by atoms with Crippen molar-refractivity contribution in [3.8, 4) is 0 Å². The van der Waals surface area contributed by atoms with E-state index in [0.29, 0.717) is 17.6 Å². The normalized spacial score (nSPS) is 14.6. The van der Waals surface area contributed by atoms with E-state index in [2.05, 4.69) is 0 Å². The Morgan fingerprint density at radius 1 is 1.48 bits per heavy atom. The number of aromatic carboxylic acids is 1. The summed E-state index contributed by atoms with van der Waals surface area (Å²) < 4.78 is 15.5. The average Bonchev–Trinajstić information content (AvgIpc) is 3.26. The Labute approximate surface area is 124 Å². The molecule has 1 heterocycles. The van der Waals surface area contributed by atoms with Gasteiger partial charge < -0.3 is 9.67 Å². The van der Waals surface area contributed by atoms with E-state index in [0.717, 1.165) is 18.9 Å². The van der Waals surface area contributed by atoms with Crippen LogP contribution < -0.4 is 5.43 Å². The van der Waals surface area contributed by atoms with Crippen molar-refractivity contribution < 1.29 is 14.3 Å². The van der Waals surface area contributed by atoms with Gasteiger partial charge in [-0.15, -0.1) is 0 Å². The van der Waals surface area contributed by atoms with Crippen LogP contribution in [0.1, 0.15) is 41.9 Å². The number of rotatable bonds is 3. The minimum absolute atomic E-state index is 0.0837. The first-order chi connectivity index (χ1) is 9.97. The molecule has 1 N–H and O–H groups in total. The zero-order valence-electron chi connectivity index (χ0n) is 11.3. The molecule has 2 aromatic rings. The molecule has 0 aliphatic heterocycles. The molecule has 6 heteroatoms. The number of carbonyl (C=O) groups is 1. The fourth-order valence-corrected chi connectivity index (χ4v) is 3.04. The zero-order chi connectivity index (χ0) is 15.3. The van der Waals surface area contributed by atoms with Crippen molar-refractivity contribution in [3.63, 3.8) is 0 Å². The van der Waals surface area contributed by atoms with Crippen LogP contribution in [0.5, 0.6) is 0 Å². The van der Waals surface area contributed by atoms with Crippen molar-refractivity contribution in [2.45, 2.75) is 32.2 Å². The number of halogens is 2. The summed E-state index contributed by atoms with van der Waals surface area (Å²) in [6.07, 6.45) is 2.11. The first kappa shape index (κ1) is 14.1. The number of hydrogen-bond donors (Lipinski definition) is 1. The van der Waals surface area contributed by atoms with E-state index in [-0.39, 0.29) is 22.0 Å². The summed E-state index contributed by atoms with van der Waals surface area (Å²) >= 11 is 6.05. The minimum Gasteiger partial charge on any atom is -0.477 e. The van der Waals surface area contributed by atoms with Crippen LogP contribution in [0, 0.1) is 5.82 Å². The molecule has 0 amide bonds. The van der Waals surface area contributed by atoms with E-state index in [1.807, 2.05) is 0 Å². The first-order valence-corrected chi connectivity index (χ1v) is 7.13. The number of aromatic nitrogens is 1. The molecule has 1 aromatic carbocycles. The summed E-state index contributed by atoms with van der Waals surface area (Å²) in [4.78, 5) is 23.9. The smallest absolute Gasteiger partial charge is 0.341 e. The monoisotopic (exact) mass is 309 g/mol. The van der Waals surface area contributed by atoms with E-state index in [1.54, 1.807) is 11.5 Å². The third kappa shape index (κ3) is 2.03. The van der Waals surface area contributed by atoms with Crippen LogP contribution in [0.15, 0.2) is 16.9 Å². The maximum absolute atomic E-state index is 13.8. The maximum atomic E-state index is 13.8. The van der Waals surface area contributed by atoms with Gasteiger partial charge in [-0.25, -0.2) is 9.18 Å². The molecule has 0 unspecified atom stereocenters. The Morgan fingerprint density at radius 3 is 2.67 bits per heavy atom. The maximum Gasteiger partial charge on any atom is 0.341 e. The van der Waals surface area contributed by atoms with Gasteiger partial charge in [-0.3, -0.25) is 4.79 Å². The van der Waals surface area contributed by atoms with Crippen LogP contribution in [-0.4, -0.2) is 15.6 Å². The molecule has 4 nitrogen and oxygen atoms in total. The molecule has 0 bridgehead atoms. The Bertz CT molecular complexity index is 824. The lowest BCUT2D eigenvalue weighted by Crippen LogP contribution is -2.24. The molecule has 0 saturated heterocycles. The summed E-state index contributed by atoms with van der Waals surface area (Å²) in [5.74, 6) is -1.86. The van der Waals surface area contributed by atoms with Gasteiger partial charge in [0, 0.05) is 17.1 Å². The summed E-state index contributed by atoms with van der Waals surface area (Å²) in [7, 11) is 0. The highest BCUT2D eigenvalue weighted by atomic mass is 35.5. The topological polar surface area (TPSA) is 59.3 Å². The quantitative estimate of drug-likeness (QED) is 0.945. The standard InChI is InChI=1S/C15H13ClFNO3/c1-2-10-11(15(20)21)14(19)8-5-6-9(17)12(16)13(8)18(10)7-3-4-7/h5-7H,2-4H2,1H3,(H,20,21). The molecule has 1 saturated carbocycles. The summed E-state index contributed by atoms with van der Waals surface area (Å²) in [6, 6.07) is 2.49. The van der Waals surface area contributed by atoms with E-state index in [4.69, 9.17) is 11.6 Å². The SMILES string of the molecule is CCc1c(C(=O)O)c(=O)c2ccc(F)c(Cl)c2n1C1CC1. The highest BCUT2D eigenvalue weighted by Crippen LogP contribution is 2.40. The Balaban J connectivity index is 2.58. The number of fused-ring (bicyclic) bond motifs is 1. The van der Waals surface area contributed by atoms with E-state index in [1.165, 1.54) is 6.07 Å². The Hall–Kier alpha value is -1.88. The van der Waals surface area contributed by atoms with Gasteiger partial charge in [0.1, 0.15) is 16.4 Å². The van der Waals surface area contributed by atoms with Crippen LogP contribution in [0.3, 0.4) is 0 Å². The highest BCUT2D eigenvalue weighted by molar-refractivity contribution is 6.35. The molecule has 3 rings (SSSR count). The van der Waals surface area contributed by atoms with Gasteiger partial charge in [0.05, 0.1) is 5.52 Å². The van der Waals surface area contributed by atoms with Crippen LogP contribution in [0.25, 0.3) is 10.9 Å². The molecular formula is C15H13ClFNO3. The minimum atomic E-state index is -1.26. The van der Waals surface area contributed by atoms with Gasteiger partial charge in [0.25, 0.3) is 0 Å². The predicted octanol–water partition coefficient (Wildman–Crippen LogP) is 3.39. The summed E-state index contributed by atoms with van der Waals surface area (Å²) in [6.45, 7) is 1.78. The van der Waals surface area contributed by atoms with Gasteiger partial charge in [-0.2, -0.15) is 0 Å². The van der Waals surface area contributed by atoms with Crippen LogP contribution >= 0.6 is 11.6 Å². The largest absolute Gasteiger partial charge is 0.477 e. The van der Waals surface area contributed by atoms with Gasteiger partial charge in [0.2, 0.25) is 5.43 Å². The molecule has 1 aliphatic rings. The Morgan fingerprint density at radius 2 is 2.14 bits per heavy atom. The number of nitrogens with zero attached hydrogens (tertiary/aromatic N) is 1. The number of carboxylic acid groups (broad SMARTS) is 1.